The number of hydrogen-bond acceptors (Lipinski definition) is 15. The Balaban J connectivity index is 3.02. The highest BCUT2D eigenvalue weighted by Gasteiger charge is 2.46. The largest absolute Gasteiger partial charge is 0.390 e. The number of nitrogens with zero attached hydrogens (tertiary/aromatic N) is 8. The molecule has 2 aliphatic rings. The van der Waals surface area contributed by atoms with Crippen LogP contribution in [0.2, 0.25) is 0 Å². The first-order valence-electron chi connectivity index (χ1n) is 34.6. The maximum Gasteiger partial charge on any atom is 0.246 e. The van der Waals surface area contributed by atoms with E-state index in [0.29, 0.717) is 32.8 Å². The molecule has 0 bridgehead atoms. The summed E-state index contributed by atoms with van der Waals surface area (Å²) < 4.78 is 11.7. The van der Waals surface area contributed by atoms with E-state index in [0.717, 1.165) is 18.0 Å². The minimum Gasteiger partial charge on any atom is -0.390 e. The Kier molecular flexibility index (Phi) is 35.5. The standard InChI is InChI=1S/C71H125N9O14/c1-25-27-28-47(13)63(84)62-64(85)72-53(26-2)68(89)73(18)51(17)66(87)78(23)61(50(16)41-94-34-31-80-29-32-93-33-30-80)59(83)40-52(45(9)10)67(88)74(19)54(35-42(3)4)58(82)38-48(14)57(81)39-49(15)65(86)75(20)55(36-43(5)6)69(90)76(21)56(37-44(7)8)70(91)77(22)60(46(11)12)71(92)79(62)24/h25,27,42-56,60-63,84H,26,28-41H2,1-24H3,(H,72,85)/b27-25+/t47-,48-,49+,50-,51-,52+,53+,54+,55+,56+,60+,61?,62+,63-/m1/s1. The molecule has 2 saturated heterocycles. The van der Waals surface area contributed by atoms with E-state index >= 15 is 28.8 Å². The van der Waals surface area contributed by atoms with Crippen LogP contribution in [0.5, 0.6) is 0 Å². The number of ketones is 3. The Bertz CT molecular complexity index is 2550. The number of rotatable bonds is 19. The van der Waals surface area contributed by atoms with Gasteiger partial charge in [-0.25, -0.2) is 0 Å². The Labute approximate surface area is 564 Å². The maximum absolute atomic E-state index is 15.3. The van der Waals surface area contributed by atoms with E-state index < -0.39 is 149 Å². The van der Waals surface area contributed by atoms with Crippen LogP contribution in [0.25, 0.3) is 0 Å². The van der Waals surface area contributed by atoms with Gasteiger partial charge in [-0.1, -0.05) is 116 Å². The fourth-order valence-corrected chi connectivity index (χ4v) is 13.0. The monoisotopic (exact) mass is 1330 g/mol. The highest BCUT2D eigenvalue weighted by Crippen LogP contribution is 2.30. The van der Waals surface area contributed by atoms with E-state index in [2.05, 4.69) is 10.2 Å². The van der Waals surface area contributed by atoms with E-state index in [-0.39, 0.29) is 80.9 Å². The van der Waals surface area contributed by atoms with Gasteiger partial charge in [0.15, 0.2) is 11.6 Å². The molecule has 94 heavy (non-hydrogen) atoms. The first-order chi connectivity index (χ1) is 43.7. The van der Waals surface area contributed by atoms with Gasteiger partial charge in [-0.15, -0.1) is 0 Å². The lowest BCUT2D eigenvalue weighted by molar-refractivity contribution is -0.157. The molecule has 2 aliphatic heterocycles. The first-order valence-corrected chi connectivity index (χ1v) is 34.6. The van der Waals surface area contributed by atoms with Gasteiger partial charge in [-0.3, -0.25) is 57.6 Å². The quantitative estimate of drug-likeness (QED) is 0.113. The average Bonchev–Trinajstić information content (AvgIpc) is 0.969. The molecule has 538 valence electrons. The molecule has 0 aliphatic carbocycles. The van der Waals surface area contributed by atoms with Crippen molar-refractivity contribution in [2.45, 2.75) is 224 Å². The van der Waals surface area contributed by atoms with Gasteiger partial charge in [0.1, 0.15) is 42.0 Å². The Morgan fingerprint density at radius 2 is 1.01 bits per heavy atom. The number of carbonyl (C=O) groups excluding carboxylic acids is 11. The lowest BCUT2D eigenvalue weighted by Crippen LogP contribution is -2.63. The van der Waals surface area contributed by atoms with Gasteiger partial charge in [0.25, 0.3) is 0 Å². The normalized spacial score (nSPS) is 28.0. The third-order valence-electron chi connectivity index (χ3n) is 19.3. The van der Waals surface area contributed by atoms with Gasteiger partial charge in [0.05, 0.1) is 44.6 Å². The van der Waals surface area contributed by atoms with Crippen molar-refractivity contribution in [2.24, 2.45) is 59.2 Å². The molecular formula is C71H125N9O14. The molecule has 2 rings (SSSR count). The topological polar surface area (TPSA) is 264 Å². The van der Waals surface area contributed by atoms with Gasteiger partial charge in [0, 0.05) is 112 Å². The number of nitrogens with one attached hydrogen (secondary N) is 1. The molecule has 0 radical (unpaired) electrons. The molecule has 0 aromatic carbocycles. The molecule has 0 aromatic heterocycles. The third kappa shape index (κ3) is 23.6. The molecule has 2 heterocycles. The Hall–Kier alpha value is -5.65. The van der Waals surface area contributed by atoms with E-state index in [1.54, 1.807) is 54.5 Å². The number of carbonyl (C=O) groups is 11. The van der Waals surface area contributed by atoms with E-state index in [4.69, 9.17) is 9.47 Å². The summed E-state index contributed by atoms with van der Waals surface area (Å²) in [7, 11) is 10.2. The van der Waals surface area contributed by atoms with Gasteiger partial charge in [-0.2, -0.15) is 0 Å². The fourth-order valence-electron chi connectivity index (χ4n) is 13.0. The van der Waals surface area contributed by atoms with Crippen molar-refractivity contribution in [3.63, 3.8) is 0 Å². The molecule has 14 atom stereocenters. The fraction of sp³-hybridized carbons (Fsp3) is 0.817. The molecule has 1 unspecified atom stereocenters. The number of morpholine rings is 1. The van der Waals surface area contributed by atoms with Crippen LogP contribution in [-0.2, 0) is 62.2 Å². The van der Waals surface area contributed by atoms with Crippen LogP contribution in [0.4, 0.5) is 0 Å². The summed E-state index contributed by atoms with van der Waals surface area (Å²) in [6.07, 6.45) is 2.18. The smallest absolute Gasteiger partial charge is 0.246 e. The first kappa shape index (κ1) is 84.4. The molecule has 23 heteroatoms. The van der Waals surface area contributed by atoms with Crippen molar-refractivity contribution in [1.82, 2.24) is 44.5 Å². The van der Waals surface area contributed by atoms with Crippen LogP contribution >= 0.6 is 0 Å². The van der Waals surface area contributed by atoms with Crippen LogP contribution in [0.1, 0.15) is 169 Å². The summed E-state index contributed by atoms with van der Waals surface area (Å²) >= 11 is 0. The average molecular weight is 1330 g/mol. The molecule has 2 N–H and O–H groups in total. The number of ether oxygens (including phenoxy) is 2. The van der Waals surface area contributed by atoms with Gasteiger partial charge in [-0.05, 0) is 81.5 Å². The van der Waals surface area contributed by atoms with Gasteiger partial charge in [0.2, 0.25) is 47.3 Å². The van der Waals surface area contributed by atoms with Crippen molar-refractivity contribution in [1.29, 1.82) is 0 Å². The lowest BCUT2D eigenvalue weighted by Gasteiger charge is -2.41. The molecule has 0 aromatic rings. The van der Waals surface area contributed by atoms with Crippen molar-refractivity contribution < 1.29 is 67.3 Å². The summed E-state index contributed by atoms with van der Waals surface area (Å²) in [5, 5.41) is 15.0. The molecule has 23 nitrogen and oxygen atoms in total. The molecular weight excluding hydrogens is 1200 g/mol. The summed E-state index contributed by atoms with van der Waals surface area (Å²) in [4.78, 5) is 175. The zero-order chi connectivity index (χ0) is 72.1. The molecule has 0 spiro atoms. The maximum atomic E-state index is 15.3. The van der Waals surface area contributed by atoms with Crippen molar-refractivity contribution in [2.75, 3.05) is 95.4 Å². The summed E-state index contributed by atoms with van der Waals surface area (Å²) in [5.41, 5.74) is 0. The minimum absolute atomic E-state index is 0.0103. The predicted octanol–water partition coefficient (Wildman–Crippen LogP) is 5.87. The lowest BCUT2D eigenvalue weighted by atomic mass is 9.83. The number of amides is 8. The molecule has 2 fully saturated rings. The second kappa shape index (κ2) is 39.5. The number of aliphatic hydroxyl groups excluding tert-OH is 1. The van der Waals surface area contributed by atoms with Crippen LogP contribution in [0.3, 0.4) is 0 Å². The predicted molar refractivity (Wildman–Crippen MR) is 364 cm³/mol. The van der Waals surface area contributed by atoms with Gasteiger partial charge >= 0.3 is 0 Å². The number of hydrogen-bond donors (Lipinski definition) is 2. The number of likely N-dealkylation sites (N-methyl/N-ethyl adjacent to an activating group) is 7. The van der Waals surface area contributed by atoms with E-state index in [9.17, 15) is 29.1 Å². The SMILES string of the molecule is C/C=C/C[C@@H](C)[C@@H](O)[C@H]1C(=O)N[C@@H](CC)C(=O)N(C)[C@H](C)C(=O)N(C)C([C@H](C)COCCN2CCOCC2)C(=O)C[C@@H](C(C)C)C(=O)N(C)[C@@H](CC(C)C)C(=O)C[C@@H](C)C(=O)C[C@H](C)C(=O)N(C)[C@@H](CC(C)C)C(=O)N(C)[C@@H](CC(C)C)C(=O)N(C)[C@@H](C(C)C)C(=O)N1C. The van der Waals surface area contributed by atoms with Crippen LogP contribution in [-0.4, -0.2) is 259 Å². The van der Waals surface area contributed by atoms with Gasteiger partial charge < -0.3 is 54.2 Å². The number of Topliss-reactive ketones (excluding diaryl/α,β-unsaturated/α-hetero) is 3. The zero-order valence-corrected chi connectivity index (χ0v) is 62.1. The number of aliphatic hydroxyl groups is 1. The minimum atomic E-state index is -1.62. The zero-order valence-electron chi connectivity index (χ0n) is 62.1. The van der Waals surface area contributed by atoms with E-state index in [1.807, 2.05) is 68.4 Å². The summed E-state index contributed by atoms with van der Waals surface area (Å²) in [5.74, 6) is -11.6. The third-order valence-corrected chi connectivity index (χ3v) is 19.3. The van der Waals surface area contributed by atoms with Crippen molar-refractivity contribution in [3.05, 3.63) is 12.2 Å². The second-order valence-electron chi connectivity index (χ2n) is 29.2. The van der Waals surface area contributed by atoms with Crippen molar-refractivity contribution in [3.8, 4) is 0 Å². The van der Waals surface area contributed by atoms with Crippen LogP contribution in [0, 0.1) is 59.2 Å². The summed E-state index contributed by atoms with van der Waals surface area (Å²) in [6.45, 7) is 33.8. The number of allylic oxidation sites excluding steroid dienone is 2. The highest BCUT2D eigenvalue weighted by molar-refractivity contribution is 6.00. The van der Waals surface area contributed by atoms with Crippen LogP contribution in [0.15, 0.2) is 12.2 Å². The van der Waals surface area contributed by atoms with Crippen molar-refractivity contribution >= 4 is 64.6 Å². The van der Waals surface area contributed by atoms with E-state index in [1.165, 1.54) is 85.7 Å². The second-order valence-corrected chi connectivity index (χ2v) is 29.2. The molecule has 0 saturated carbocycles. The van der Waals surface area contributed by atoms with Crippen LogP contribution < -0.4 is 5.32 Å². The Morgan fingerprint density at radius 1 is 0.532 bits per heavy atom. The highest BCUT2D eigenvalue weighted by atomic mass is 16.5. The Morgan fingerprint density at radius 3 is 1.51 bits per heavy atom. The molecule has 8 amide bonds. The summed E-state index contributed by atoms with van der Waals surface area (Å²) in [6, 6.07) is -9.81.